The average molecular weight is 880 g/mol. The number of alkyl carbamates (subject to hydrolysis) is 1. The number of likely N-dealkylation sites (tertiary alicyclic amines) is 1. The highest BCUT2D eigenvalue weighted by Crippen LogP contribution is 2.42. The molecule has 5 unspecified atom stereocenters. The second kappa shape index (κ2) is 17.5. The summed E-state index contributed by atoms with van der Waals surface area (Å²) in [5, 5.41) is 26.8. The first-order chi connectivity index (χ1) is 31.6. The fourth-order valence-electron chi connectivity index (χ4n) is 10.7. The standard InChI is InChI=1S/C50H54N8O7/c1-30(31-22-26-65-27-23-31)58(63,50(61)62)57-25-7-11-43(57)47-51-39-20-17-36(29-41(39)53-47)33-14-12-32(13-15-33)35-16-19-38-37(28-35)18-21-40-45(38)54-46(52-40)42-10-6-24-56(42)48(59)44(55-49(60)64-2)34-8-4-3-5-9-34/h3-5,8-9,12-17,19-20,28-31,42-44,63H,6-7,10-11,18,21-27H2,1-2H3,(H3-,51,52,53,54,55,60,61,62)/p+1. The zero-order valence-electron chi connectivity index (χ0n) is 36.7. The van der Waals surface area contributed by atoms with Crippen LogP contribution in [0.5, 0.6) is 0 Å². The fourth-order valence-corrected chi connectivity index (χ4v) is 10.7. The van der Waals surface area contributed by atoms with Gasteiger partial charge in [-0.3, -0.25) is 4.79 Å². The number of imidazole rings is 2. The van der Waals surface area contributed by atoms with Gasteiger partial charge in [-0.25, -0.2) is 14.8 Å². The first-order valence-electron chi connectivity index (χ1n) is 22.8. The molecule has 2 aromatic heterocycles. The normalized spacial score (nSPS) is 20.8. The molecule has 65 heavy (non-hydrogen) atoms. The van der Waals surface area contributed by atoms with Crippen molar-refractivity contribution >= 4 is 29.1 Å². The van der Waals surface area contributed by atoms with Crippen LogP contribution in [0.4, 0.5) is 9.59 Å². The van der Waals surface area contributed by atoms with Gasteiger partial charge in [0.2, 0.25) is 0 Å². The van der Waals surface area contributed by atoms with Gasteiger partial charge in [0.05, 0.1) is 36.4 Å². The number of H-pyrrole nitrogens is 2. The number of carbonyl (C=O) groups is 3. The molecule has 4 aliphatic rings. The van der Waals surface area contributed by atoms with Crippen molar-refractivity contribution in [1.82, 2.24) is 35.2 Å². The van der Waals surface area contributed by atoms with Gasteiger partial charge in [0.15, 0.2) is 6.04 Å². The summed E-state index contributed by atoms with van der Waals surface area (Å²) in [4.78, 5) is 58.2. The Morgan fingerprint density at radius 1 is 0.815 bits per heavy atom. The molecule has 6 aromatic rings. The van der Waals surface area contributed by atoms with Gasteiger partial charge in [-0.2, -0.15) is 10.0 Å². The van der Waals surface area contributed by atoms with Crippen LogP contribution in [0.3, 0.4) is 0 Å². The molecule has 0 spiro atoms. The summed E-state index contributed by atoms with van der Waals surface area (Å²) in [5.74, 6) is 1.26. The largest absolute Gasteiger partial charge is 0.568 e. The number of aromatic amines is 2. The van der Waals surface area contributed by atoms with E-state index in [0.717, 1.165) is 88.2 Å². The number of hydrogen-bond donors (Lipinski definition) is 5. The molecule has 3 aliphatic heterocycles. The zero-order chi connectivity index (χ0) is 44.8. The third-order valence-corrected chi connectivity index (χ3v) is 14.3. The summed E-state index contributed by atoms with van der Waals surface area (Å²) < 4.78 is 9.24. The number of carboxylic acid groups (broad SMARTS) is 1. The Bertz CT molecular complexity index is 2730. The number of carbonyl (C=O) groups excluding carboxylic acids is 2. The van der Waals surface area contributed by atoms with E-state index in [2.05, 4.69) is 69.9 Å². The Labute approximate surface area is 376 Å². The molecule has 0 bridgehead atoms. The molecule has 5 N–H and O–H groups in total. The predicted octanol–water partition coefficient (Wildman–Crippen LogP) is 8.90. The Morgan fingerprint density at radius 2 is 1.49 bits per heavy atom. The van der Waals surface area contributed by atoms with Gasteiger partial charge in [0, 0.05) is 36.9 Å². The van der Waals surface area contributed by atoms with Gasteiger partial charge < -0.3 is 34.8 Å². The van der Waals surface area contributed by atoms with Crippen molar-refractivity contribution in [3.05, 3.63) is 119 Å². The lowest BCUT2D eigenvalue weighted by atomic mass is 9.89. The van der Waals surface area contributed by atoms with Crippen molar-refractivity contribution in [1.29, 1.82) is 0 Å². The van der Waals surface area contributed by atoms with Gasteiger partial charge in [0.25, 0.3) is 5.91 Å². The summed E-state index contributed by atoms with van der Waals surface area (Å²) in [5.41, 5.74) is 10.9. The zero-order valence-corrected chi connectivity index (χ0v) is 36.7. The molecule has 3 saturated heterocycles. The molecule has 3 amide bonds. The van der Waals surface area contributed by atoms with Gasteiger partial charge in [-0.05, 0) is 109 Å². The molecule has 5 heterocycles. The Balaban J connectivity index is 0.848. The molecule has 3 fully saturated rings. The molecule has 0 saturated carbocycles. The first-order valence-corrected chi connectivity index (χ1v) is 22.8. The molecular formula is C50H55N8O7+. The molecule has 1 aliphatic carbocycles. The minimum atomic E-state index is -1.28. The van der Waals surface area contributed by atoms with Crippen LogP contribution in [0, 0.1) is 5.92 Å². The number of methoxy groups -OCH3 is 1. The lowest BCUT2D eigenvalue weighted by Gasteiger charge is -2.42. The summed E-state index contributed by atoms with van der Waals surface area (Å²) in [7, 11) is 1.29. The average Bonchev–Trinajstić information content (AvgIpc) is 4.19. The lowest BCUT2D eigenvalue weighted by molar-refractivity contribution is -1.15. The van der Waals surface area contributed by atoms with E-state index in [9.17, 15) is 24.7 Å². The Hall–Kier alpha value is -6.39. The highest BCUT2D eigenvalue weighted by molar-refractivity contribution is 5.88. The first kappa shape index (κ1) is 42.6. The van der Waals surface area contributed by atoms with Crippen LogP contribution >= 0.6 is 0 Å². The Kier molecular flexibility index (Phi) is 11.5. The number of aryl methyl sites for hydroxylation is 2. The molecule has 336 valence electrons. The number of benzene rings is 4. The van der Waals surface area contributed by atoms with E-state index in [1.807, 2.05) is 48.2 Å². The second-order valence-corrected chi connectivity index (χ2v) is 17.9. The van der Waals surface area contributed by atoms with E-state index in [-0.39, 0.29) is 23.9 Å². The van der Waals surface area contributed by atoms with E-state index >= 15 is 0 Å². The number of quaternary nitrogens is 1. The predicted molar refractivity (Wildman–Crippen MR) is 242 cm³/mol. The summed E-state index contributed by atoms with van der Waals surface area (Å²) in [6.07, 6.45) is 4.20. The number of hydrogen-bond acceptors (Lipinski definition) is 9. The van der Waals surface area contributed by atoms with Crippen molar-refractivity contribution in [2.75, 3.05) is 33.4 Å². The smallest absolute Gasteiger partial charge is 0.453 e. The van der Waals surface area contributed by atoms with E-state index in [1.165, 1.54) is 12.7 Å². The maximum absolute atomic E-state index is 14.1. The minimum Gasteiger partial charge on any atom is -0.453 e. The van der Waals surface area contributed by atoms with Crippen molar-refractivity contribution < 1.29 is 38.9 Å². The number of ether oxygens (including phenoxy) is 2. The third kappa shape index (κ3) is 7.85. The van der Waals surface area contributed by atoms with Crippen LogP contribution in [0.15, 0.2) is 91.0 Å². The highest BCUT2D eigenvalue weighted by atomic mass is 16.7. The van der Waals surface area contributed by atoms with Crippen molar-refractivity contribution in [3.8, 4) is 33.5 Å². The van der Waals surface area contributed by atoms with E-state index in [4.69, 9.17) is 19.4 Å². The summed E-state index contributed by atoms with van der Waals surface area (Å²) in [6, 6.07) is 28.4. The second-order valence-electron chi connectivity index (χ2n) is 17.9. The number of nitrogens with one attached hydrogen (secondary N) is 3. The van der Waals surface area contributed by atoms with E-state index < -0.39 is 29.0 Å². The maximum Gasteiger partial charge on any atom is 0.568 e. The molecule has 15 heteroatoms. The third-order valence-electron chi connectivity index (χ3n) is 14.3. The summed E-state index contributed by atoms with van der Waals surface area (Å²) >= 11 is 0. The number of aromatic nitrogens is 4. The lowest BCUT2D eigenvalue weighted by Crippen LogP contribution is -2.67. The van der Waals surface area contributed by atoms with Crippen LogP contribution in [0.1, 0.15) is 92.0 Å². The topological polar surface area (TPSA) is 186 Å². The molecule has 10 rings (SSSR count). The van der Waals surface area contributed by atoms with Gasteiger partial charge in [-0.1, -0.05) is 78.9 Å². The molecule has 0 radical (unpaired) electrons. The number of hydroxylamine groups is 2. The summed E-state index contributed by atoms with van der Waals surface area (Å²) in [6.45, 7) is 3.99. The van der Waals surface area contributed by atoms with Crippen LogP contribution in [-0.4, -0.2) is 102 Å². The number of nitrogens with zero attached hydrogens (tertiary/aromatic N) is 5. The van der Waals surface area contributed by atoms with E-state index in [0.29, 0.717) is 57.0 Å². The molecule has 4 aromatic carbocycles. The van der Waals surface area contributed by atoms with Crippen molar-refractivity contribution in [2.45, 2.75) is 82.5 Å². The number of rotatable bonds is 10. The maximum atomic E-state index is 14.1. The molecule has 15 nitrogen and oxygen atoms in total. The minimum absolute atomic E-state index is 0.0249. The fraction of sp³-hybridized carbons (Fsp3) is 0.380. The van der Waals surface area contributed by atoms with Gasteiger partial charge in [-0.15, -0.1) is 5.01 Å². The molecular weight excluding hydrogens is 825 g/mol. The van der Waals surface area contributed by atoms with Gasteiger partial charge in [0.1, 0.15) is 23.7 Å². The van der Waals surface area contributed by atoms with Crippen molar-refractivity contribution in [3.63, 3.8) is 0 Å². The monoisotopic (exact) mass is 879 g/mol. The number of amides is 3. The highest BCUT2D eigenvalue weighted by Gasteiger charge is 2.56. The van der Waals surface area contributed by atoms with Crippen LogP contribution < -0.4 is 5.32 Å². The Morgan fingerprint density at radius 3 is 2.23 bits per heavy atom. The molecule has 5 atom stereocenters. The van der Waals surface area contributed by atoms with Crippen LogP contribution in [0.2, 0.25) is 0 Å². The van der Waals surface area contributed by atoms with Crippen LogP contribution in [0.25, 0.3) is 44.5 Å². The number of fused-ring (bicyclic) bond motifs is 4. The SMILES string of the molecule is COC(=O)NC(C(=O)N1CCCC1c1nc2c([nH]1)CCc1cc(-c3ccc(-c4ccc5nc(C6CCCN6[N+](O)(C(=O)O)C(C)C6CCOCC6)[nH]c5c4)cc3)ccc1-2)c1ccccc1. The van der Waals surface area contributed by atoms with E-state index in [1.54, 1.807) is 5.01 Å². The van der Waals surface area contributed by atoms with Crippen LogP contribution in [-0.2, 0) is 27.1 Å². The van der Waals surface area contributed by atoms with Gasteiger partial charge >= 0.3 is 12.2 Å². The quantitative estimate of drug-likeness (QED) is 0.0506. The van der Waals surface area contributed by atoms with Crippen molar-refractivity contribution in [2.24, 2.45) is 5.92 Å².